The predicted octanol–water partition coefficient (Wildman–Crippen LogP) is 2.35. The first-order chi connectivity index (χ1) is 9.74. The maximum Gasteiger partial charge on any atom is 0.120 e. The van der Waals surface area contributed by atoms with Crippen LogP contribution in [0.3, 0.4) is 0 Å². The average Bonchev–Trinajstić information content (AvgIpc) is 3.11. The monoisotopic (exact) mass is 279 g/mol. The Morgan fingerprint density at radius 1 is 1.45 bits per heavy atom. The van der Waals surface area contributed by atoms with Crippen molar-refractivity contribution in [1.29, 1.82) is 0 Å². The fourth-order valence-corrected chi connectivity index (χ4v) is 3.13. The Morgan fingerprint density at radius 2 is 2.25 bits per heavy atom. The van der Waals surface area contributed by atoms with E-state index < -0.39 is 0 Å². The van der Waals surface area contributed by atoms with Crippen LogP contribution >= 0.6 is 0 Å². The third-order valence-electron chi connectivity index (χ3n) is 4.42. The van der Waals surface area contributed by atoms with Gasteiger partial charge in [0.15, 0.2) is 0 Å². The first kappa shape index (κ1) is 15.5. The molecule has 2 heterocycles. The number of likely N-dealkylation sites (tertiary alicyclic amines) is 1. The van der Waals surface area contributed by atoms with E-state index in [0.717, 1.165) is 24.9 Å². The lowest BCUT2D eigenvalue weighted by atomic mass is 10.2. The van der Waals surface area contributed by atoms with Gasteiger partial charge in [-0.15, -0.1) is 0 Å². The molecule has 1 aromatic rings. The van der Waals surface area contributed by atoms with E-state index in [4.69, 9.17) is 4.42 Å². The highest BCUT2D eigenvalue weighted by Gasteiger charge is 2.25. The molecule has 2 atom stereocenters. The van der Waals surface area contributed by atoms with Gasteiger partial charge in [0.05, 0.1) is 12.3 Å². The number of likely N-dealkylation sites (N-methyl/N-ethyl adjacent to an activating group) is 1. The van der Waals surface area contributed by atoms with Gasteiger partial charge in [-0.1, -0.05) is 13.8 Å². The smallest absolute Gasteiger partial charge is 0.120 e. The van der Waals surface area contributed by atoms with Crippen molar-refractivity contribution < 1.29 is 4.42 Å². The number of nitrogens with one attached hydrogen (secondary N) is 1. The first-order valence-corrected chi connectivity index (χ1v) is 7.97. The molecule has 1 aliphatic rings. The molecule has 0 radical (unpaired) electrons. The van der Waals surface area contributed by atoms with Crippen molar-refractivity contribution in [3.05, 3.63) is 24.2 Å². The number of nitrogens with zero attached hydrogens (tertiary/aromatic N) is 2. The highest BCUT2D eigenvalue weighted by Crippen LogP contribution is 2.15. The highest BCUT2D eigenvalue weighted by molar-refractivity contribution is 5.02. The Bertz CT molecular complexity index is 362. The van der Waals surface area contributed by atoms with E-state index in [1.54, 1.807) is 6.26 Å². The molecule has 0 amide bonds. The van der Waals surface area contributed by atoms with Crippen LogP contribution in [0.1, 0.15) is 39.0 Å². The van der Waals surface area contributed by atoms with Crippen LogP contribution < -0.4 is 5.32 Å². The summed E-state index contributed by atoms with van der Waals surface area (Å²) in [6.07, 6.45) is 3.05. The van der Waals surface area contributed by atoms with E-state index in [2.05, 4.69) is 35.9 Å². The molecule has 0 aliphatic carbocycles. The van der Waals surface area contributed by atoms with Crippen molar-refractivity contribution in [1.82, 2.24) is 15.1 Å². The summed E-state index contributed by atoms with van der Waals surface area (Å²) in [5, 5.41) is 3.53. The molecule has 1 N–H and O–H groups in total. The van der Waals surface area contributed by atoms with Crippen LogP contribution in [0.5, 0.6) is 0 Å². The lowest BCUT2D eigenvalue weighted by Gasteiger charge is -2.26. The topological polar surface area (TPSA) is 31.6 Å². The van der Waals surface area contributed by atoms with Gasteiger partial charge in [-0.2, -0.15) is 0 Å². The lowest BCUT2D eigenvalue weighted by Crippen LogP contribution is -2.38. The molecule has 20 heavy (non-hydrogen) atoms. The third kappa shape index (κ3) is 4.08. The van der Waals surface area contributed by atoms with Crippen molar-refractivity contribution in [2.75, 3.05) is 39.3 Å². The highest BCUT2D eigenvalue weighted by atomic mass is 16.3. The van der Waals surface area contributed by atoms with Gasteiger partial charge in [-0.25, -0.2) is 0 Å². The van der Waals surface area contributed by atoms with Crippen molar-refractivity contribution in [3.63, 3.8) is 0 Å². The molecular formula is C16H29N3O. The first-order valence-electron chi connectivity index (χ1n) is 7.97. The van der Waals surface area contributed by atoms with Gasteiger partial charge in [0, 0.05) is 25.7 Å². The quantitative estimate of drug-likeness (QED) is 0.791. The Morgan fingerprint density at radius 3 is 2.90 bits per heavy atom. The summed E-state index contributed by atoms with van der Waals surface area (Å²) in [5.41, 5.74) is 0. The van der Waals surface area contributed by atoms with E-state index in [-0.39, 0.29) is 0 Å². The van der Waals surface area contributed by atoms with Crippen LogP contribution in [-0.4, -0.2) is 55.1 Å². The second-order valence-electron chi connectivity index (χ2n) is 5.66. The van der Waals surface area contributed by atoms with Crippen molar-refractivity contribution in [3.8, 4) is 0 Å². The summed E-state index contributed by atoms with van der Waals surface area (Å²) in [7, 11) is 0. The molecule has 114 valence electrons. The zero-order chi connectivity index (χ0) is 14.4. The van der Waals surface area contributed by atoms with E-state index >= 15 is 0 Å². The largest absolute Gasteiger partial charge is 0.468 e. The molecule has 0 bridgehead atoms. The summed E-state index contributed by atoms with van der Waals surface area (Å²) in [5.74, 6) is 1.02. The van der Waals surface area contributed by atoms with Gasteiger partial charge in [-0.3, -0.25) is 4.90 Å². The van der Waals surface area contributed by atoms with Gasteiger partial charge in [0.25, 0.3) is 0 Å². The van der Waals surface area contributed by atoms with Gasteiger partial charge < -0.3 is 14.6 Å². The summed E-state index contributed by atoms with van der Waals surface area (Å²) in [6.45, 7) is 13.6. The van der Waals surface area contributed by atoms with Crippen LogP contribution in [-0.2, 0) is 0 Å². The molecule has 0 aromatic carbocycles. The maximum atomic E-state index is 5.41. The van der Waals surface area contributed by atoms with Gasteiger partial charge in [0.1, 0.15) is 5.76 Å². The summed E-state index contributed by atoms with van der Waals surface area (Å²) >= 11 is 0. The Kier molecular flexibility index (Phi) is 6.07. The second-order valence-corrected chi connectivity index (χ2v) is 5.66. The van der Waals surface area contributed by atoms with Gasteiger partial charge in [-0.05, 0) is 45.1 Å². The van der Waals surface area contributed by atoms with Crippen LogP contribution in [0.25, 0.3) is 0 Å². The minimum atomic E-state index is 0.297. The molecular weight excluding hydrogens is 250 g/mol. The minimum absolute atomic E-state index is 0.297. The summed E-state index contributed by atoms with van der Waals surface area (Å²) in [4.78, 5) is 5.16. The fourth-order valence-electron chi connectivity index (χ4n) is 3.13. The lowest BCUT2D eigenvalue weighted by molar-refractivity contribution is 0.210. The molecule has 2 rings (SSSR count). The van der Waals surface area contributed by atoms with E-state index in [0.29, 0.717) is 6.04 Å². The van der Waals surface area contributed by atoms with Crippen LogP contribution in [0.2, 0.25) is 0 Å². The number of rotatable bonds is 8. The zero-order valence-corrected chi connectivity index (χ0v) is 13.1. The number of furan rings is 1. The molecule has 0 spiro atoms. The van der Waals surface area contributed by atoms with Crippen molar-refractivity contribution in [2.24, 2.45) is 0 Å². The Hall–Kier alpha value is -0.840. The molecule has 4 nitrogen and oxygen atoms in total. The second kappa shape index (κ2) is 7.81. The predicted molar refractivity (Wildman–Crippen MR) is 82.9 cm³/mol. The number of hydrogen-bond donors (Lipinski definition) is 1. The fraction of sp³-hybridized carbons (Fsp3) is 0.750. The summed E-state index contributed by atoms with van der Waals surface area (Å²) in [6, 6.07) is 5.03. The van der Waals surface area contributed by atoms with Crippen molar-refractivity contribution >= 4 is 0 Å². The average molecular weight is 279 g/mol. The van der Waals surface area contributed by atoms with Crippen LogP contribution in [0.4, 0.5) is 0 Å². The molecule has 1 fully saturated rings. The van der Waals surface area contributed by atoms with Gasteiger partial charge >= 0.3 is 0 Å². The standard InChI is InChI=1S/C16H29N3O/c1-4-19(5-2)15-8-10-18(13-15)11-9-17-14(3)16-7-6-12-20-16/h6-7,12,14-15,17H,4-5,8-11,13H2,1-3H3. The molecule has 1 aromatic heterocycles. The van der Waals surface area contributed by atoms with Crippen LogP contribution in [0, 0.1) is 0 Å². The minimum Gasteiger partial charge on any atom is -0.468 e. The molecule has 1 saturated heterocycles. The van der Waals surface area contributed by atoms with Crippen LogP contribution in [0.15, 0.2) is 22.8 Å². The third-order valence-corrected chi connectivity index (χ3v) is 4.42. The normalized spacial score (nSPS) is 21.7. The van der Waals surface area contributed by atoms with E-state index in [1.807, 2.05) is 12.1 Å². The molecule has 1 aliphatic heterocycles. The number of hydrogen-bond acceptors (Lipinski definition) is 4. The Balaban J connectivity index is 1.66. The van der Waals surface area contributed by atoms with E-state index in [9.17, 15) is 0 Å². The SMILES string of the molecule is CCN(CC)C1CCN(CCNC(C)c2ccco2)C1. The maximum absolute atomic E-state index is 5.41. The van der Waals surface area contributed by atoms with E-state index in [1.165, 1.54) is 32.6 Å². The van der Waals surface area contributed by atoms with Crippen molar-refractivity contribution in [2.45, 2.75) is 39.3 Å². The Labute approximate surface area is 123 Å². The molecule has 0 saturated carbocycles. The molecule has 4 heteroatoms. The summed E-state index contributed by atoms with van der Waals surface area (Å²) < 4.78 is 5.41. The molecule has 2 unspecified atom stereocenters. The van der Waals surface area contributed by atoms with Gasteiger partial charge in [0.2, 0.25) is 0 Å². The zero-order valence-electron chi connectivity index (χ0n) is 13.1.